The van der Waals surface area contributed by atoms with Crippen LogP contribution in [0.4, 0.5) is 0 Å². The van der Waals surface area contributed by atoms with Gasteiger partial charge < -0.3 is 0 Å². The van der Waals surface area contributed by atoms with E-state index in [0.29, 0.717) is 5.92 Å². The first-order valence-electron chi connectivity index (χ1n) is 8.72. The first kappa shape index (κ1) is 17.3. The Hall–Kier alpha value is -0.780. The van der Waals surface area contributed by atoms with Gasteiger partial charge in [-0.05, 0) is 24.8 Å². The summed E-state index contributed by atoms with van der Waals surface area (Å²) in [5, 5.41) is 0. The fourth-order valence-electron chi connectivity index (χ4n) is 2.77. The maximum atomic E-state index is 4.28. The van der Waals surface area contributed by atoms with Gasteiger partial charge in [0, 0.05) is 0 Å². The summed E-state index contributed by atoms with van der Waals surface area (Å²) >= 11 is 0. The second-order valence-corrected chi connectivity index (χ2v) is 6.08. The summed E-state index contributed by atoms with van der Waals surface area (Å²) in [6.07, 6.45) is 15.3. The van der Waals surface area contributed by atoms with Crippen LogP contribution in [0.5, 0.6) is 0 Å². The van der Waals surface area contributed by atoms with E-state index in [-0.39, 0.29) is 0 Å². The summed E-state index contributed by atoms with van der Waals surface area (Å²) in [7, 11) is 0. The number of hydrogen-bond acceptors (Lipinski definition) is 0. The standard InChI is InChI=1S/C20H33/c1-3-4-5-6-7-8-9-10-11-13-16-19(2)20-17-14-12-15-18-20/h12,14-15,17-19H,2-11,13,16H2,1H3. The zero-order valence-corrected chi connectivity index (χ0v) is 13.4. The van der Waals surface area contributed by atoms with E-state index in [0.717, 1.165) is 0 Å². The maximum Gasteiger partial charge on any atom is -0.0162 e. The lowest BCUT2D eigenvalue weighted by molar-refractivity contribution is 0.542. The minimum absolute atomic E-state index is 0.477. The molecule has 1 atom stereocenters. The van der Waals surface area contributed by atoms with Gasteiger partial charge in [0.2, 0.25) is 0 Å². The fourth-order valence-corrected chi connectivity index (χ4v) is 2.77. The van der Waals surface area contributed by atoms with Crippen LogP contribution in [-0.4, -0.2) is 0 Å². The smallest absolute Gasteiger partial charge is 0.0162 e. The van der Waals surface area contributed by atoms with Crippen molar-refractivity contribution < 1.29 is 0 Å². The largest absolute Gasteiger partial charge is 0.0654 e. The fraction of sp³-hybridized carbons (Fsp3) is 0.650. The van der Waals surface area contributed by atoms with Gasteiger partial charge in [0.1, 0.15) is 0 Å². The average molecular weight is 273 g/mol. The molecule has 1 aromatic carbocycles. The SMILES string of the molecule is [CH2]C(CCCCCCCCCCCC)c1ccccc1. The molecule has 1 rings (SSSR count). The van der Waals surface area contributed by atoms with Gasteiger partial charge in [0.05, 0.1) is 0 Å². The van der Waals surface area contributed by atoms with Gasteiger partial charge in [-0.25, -0.2) is 0 Å². The normalized spacial score (nSPS) is 12.5. The van der Waals surface area contributed by atoms with Crippen molar-refractivity contribution in [3.63, 3.8) is 0 Å². The monoisotopic (exact) mass is 273 g/mol. The van der Waals surface area contributed by atoms with Crippen LogP contribution in [0.25, 0.3) is 0 Å². The van der Waals surface area contributed by atoms with Gasteiger partial charge in [0.15, 0.2) is 0 Å². The molecule has 113 valence electrons. The Balaban J connectivity index is 1.90. The van der Waals surface area contributed by atoms with Crippen molar-refractivity contribution in [3.8, 4) is 0 Å². The minimum atomic E-state index is 0.477. The van der Waals surface area contributed by atoms with Gasteiger partial charge in [-0.3, -0.25) is 0 Å². The van der Waals surface area contributed by atoms with Gasteiger partial charge in [0.25, 0.3) is 0 Å². The number of hydrogen-bond donors (Lipinski definition) is 0. The predicted molar refractivity (Wildman–Crippen MR) is 91.0 cm³/mol. The summed E-state index contributed by atoms with van der Waals surface area (Å²) in [4.78, 5) is 0. The van der Waals surface area contributed by atoms with Crippen molar-refractivity contribution in [2.45, 2.75) is 83.5 Å². The molecule has 1 aromatic rings. The highest BCUT2D eigenvalue weighted by Crippen LogP contribution is 2.21. The third-order valence-electron chi connectivity index (χ3n) is 4.18. The Morgan fingerprint density at radius 3 is 1.80 bits per heavy atom. The molecule has 0 saturated carbocycles. The molecule has 0 amide bonds. The summed E-state index contributed by atoms with van der Waals surface area (Å²) in [6, 6.07) is 10.7. The van der Waals surface area contributed by atoms with Crippen LogP contribution < -0.4 is 0 Å². The van der Waals surface area contributed by atoms with Gasteiger partial charge in [-0.2, -0.15) is 0 Å². The topological polar surface area (TPSA) is 0 Å². The number of rotatable bonds is 12. The van der Waals surface area contributed by atoms with E-state index < -0.39 is 0 Å². The molecule has 0 bridgehead atoms. The van der Waals surface area contributed by atoms with E-state index in [9.17, 15) is 0 Å². The molecule has 20 heavy (non-hydrogen) atoms. The van der Waals surface area contributed by atoms with Crippen LogP contribution in [0.2, 0.25) is 0 Å². The van der Waals surface area contributed by atoms with E-state index in [4.69, 9.17) is 0 Å². The lowest BCUT2D eigenvalue weighted by Gasteiger charge is -2.11. The molecule has 0 nitrogen and oxygen atoms in total. The summed E-state index contributed by atoms with van der Waals surface area (Å²) < 4.78 is 0. The molecule has 1 radical (unpaired) electrons. The van der Waals surface area contributed by atoms with Crippen molar-refractivity contribution in [1.29, 1.82) is 0 Å². The van der Waals surface area contributed by atoms with Gasteiger partial charge >= 0.3 is 0 Å². The van der Waals surface area contributed by atoms with E-state index >= 15 is 0 Å². The summed E-state index contributed by atoms with van der Waals surface area (Å²) in [5.74, 6) is 0.477. The van der Waals surface area contributed by atoms with Crippen LogP contribution in [0.3, 0.4) is 0 Å². The van der Waals surface area contributed by atoms with Crippen LogP contribution >= 0.6 is 0 Å². The zero-order valence-electron chi connectivity index (χ0n) is 13.4. The second-order valence-electron chi connectivity index (χ2n) is 6.08. The van der Waals surface area contributed by atoms with Gasteiger partial charge in [-0.15, -0.1) is 0 Å². The van der Waals surface area contributed by atoms with Gasteiger partial charge in [-0.1, -0.05) is 101 Å². The molecule has 0 aliphatic carbocycles. The van der Waals surface area contributed by atoms with E-state index in [2.05, 4.69) is 44.2 Å². The predicted octanol–water partition coefficient (Wildman–Crippen LogP) is 6.92. The summed E-state index contributed by atoms with van der Waals surface area (Å²) in [5.41, 5.74) is 1.39. The molecule has 0 fully saturated rings. The van der Waals surface area contributed by atoms with Crippen LogP contribution in [0.1, 0.15) is 89.0 Å². The average Bonchev–Trinajstić information content (AvgIpc) is 2.50. The molecule has 1 unspecified atom stereocenters. The Morgan fingerprint density at radius 2 is 1.25 bits per heavy atom. The highest BCUT2D eigenvalue weighted by molar-refractivity contribution is 5.20. The first-order chi connectivity index (χ1) is 9.84. The van der Waals surface area contributed by atoms with E-state index in [1.165, 1.54) is 76.2 Å². The lowest BCUT2D eigenvalue weighted by atomic mass is 9.95. The van der Waals surface area contributed by atoms with Crippen molar-refractivity contribution >= 4 is 0 Å². The molecule has 0 heteroatoms. The lowest BCUT2D eigenvalue weighted by Crippen LogP contribution is -1.93. The maximum absolute atomic E-state index is 4.28. The van der Waals surface area contributed by atoms with Crippen molar-refractivity contribution in [1.82, 2.24) is 0 Å². The minimum Gasteiger partial charge on any atom is -0.0654 e. The van der Waals surface area contributed by atoms with Crippen molar-refractivity contribution in [3.05, 3.63) is 42.8 Å². The van der Waals surface area contributed by atoms with Crippen LogP contribution in [-0.2, 0) is 0 Å². The molecule has 0 saturated heterocycles. The Bertz CT molecular complexity index is 301. The molecule has 0 aliphatic rings. The molecule has 0 N–H and O–H groups in total. The van der Waals surface area contributed by atoms with E-state index in [1.807, 2.05) is 0 Å². The quantitative estimate of drug-likeness (QED) is 0.363. The van der Waals surface area contributed by atoms with E-state index in [1.54, 1.807) is 0 Å². The molecule has 0 aromatic heterocycles. The first-order valence-corrected chi connectivity index (χ1v) is 8.72. The number of benzene rings is 1. The third kappa shape index (κ3) is 8.40. The molecule has 0 heterocycles. The molecule has 0 spiro atoms. The zero-order chi connectivity index (χ0) is 14.5. The second kappa shape index (κ2) is 12.0. The highest BCUT2D eigenvalue weighted by Gasteiger charge is 2.04. The Morgan fingerprint density at radius 1 is 0.750 bits per heavy atom. The molecular weight excluding hydrogens is 240 g/mol. The molecular formula is C20H33. The third-order valence-corrected chi connectivity index (χ3v) is 4.18. The number of unbranched alkanes of at least 4 members (excludes halogenated alkanes) is 9. The van der Waals surface area contributed by atoms with Crippen molar-refractivity contribution in [2.75, 3.05) is 0 Å². The van der Waals surface area contributed by atoms with Crippen LogP contribution in [0.15, 0.2) is 30.3 Å². The Labute approximate surface area is 127 Å². The summed E-state index contributed by atoms with van der Waals surface area (Å²) in [6.45, 7) is 6.57. The van der Waals surface area contributed by atoms with Crippen molar-refractivity contribution in [2.24, 2.45) is 0 Å². The molecule has 0 aliphatic heterocycles. The highest BCUT2D eigenvalue weighted by atomic mass is 14.1. The Kier molecular flexibility index (Phi) is 10.4. The van der Waals surface area contributed by atoms with Crippen LogP contribution in [0, 0.1) is 6.92 Å².